The molecule has 0 saturated carbocycles. The van der Waals surface area contributed by atoms with Crippen LogP contribution in [0.4, 0.5) is 23.2 Å². The first-order valence-electron chi connectivity index (χ1n) is 7.33. The number of thioether (sulfide) groups is 1. The highest BCUT2D eigenvalue weighted by Gasteiger charge is 2.51. The Labute approximate surface area is 150 Å². The number of fused-ring (bicyclic) bond motifs is 1. The predicted molar refractivity (Wildman–Crippen MR) is 89.8 cm³/mol. The molecule has 25 heavy (non-hydrogen) atoms. The minimum absolute atomic E-state index is 0.0304. The van der Waals surface area contributed by atoms with E-state index in [-0.39, 0.29) is 21.8 Å². The van der Waals surface area contributed by atoms with Crippen LogP contribution in [-0.2, 0) is 16.6 Å². The highest BCUT2D eigenvalue weighted by molar-refractivity contribution is 7.99. The van der Waals surface area contributed by atoms with Gasteiger partial charge in [-0.3, -0.25) is 4.79 Å². The van der Waals surface area contributed by atoms with E-state index >= 15 is 4.39 Å². The number of carbonyl (C=O) groups is 1. The van der Waals surface area contributed by atoms with Gasteiger partial charge in [0.1, 0.15) is 0 Å². The Morgan fingerprint density at radius 3 is 2.52 bits per heavy atom. The lowest BCUT2D eigenvalue weighted by molar-refractivity contribution is -0.137. The van der Waals surface area contributed by atoms with Crippen molar-refractivity contribution in [2.24, 2.45) is 0 Å². The first kappa shape index (κ1) is 18.1. The molecule has 0 spiro atoms. The van der Waals surface area contributed by atoms with Gasteiger partial charge in [0.2, 0.25) is 5.67 Å². The molecule has 0 saturated heterocycles. The summed E-state index contributed by atoms with van der Waals surface area (Å²) >= 11 is 7.28. The Kier molecular flexibility index (Phi) is 4.49. The van der Waals surface area contributed by atoms with Crippen molar-refractivity contribution in [1.82, 2.24) is 0 Å². The van der Waals surface area contributed by atoms with Gasteiger partial charge in [0.25, 0.3) is 5.91 Å². The molecule has 0 bridgehead atoms. The molecule has 8 heteroatoms. The smallest absolute Gasteiger partial charge is 0.322 e. The molecule has 2 aromatic rings. The van der Waals surface area contributed by atoms with Crippen molar-refractivity contribution in [3.05, 3.63) is 58.1 Å². The zero-order chi connectivity index (χ0) is 18.4. The minimum Gasteiger partial charge on any atom is -0.322 e. The van der Waals surface area contributed by atoms with Crippen LogP contribution in [0.25, 0.3) is 0 Å². The summed E-state index contributed by atoms with van der Waals surface area (Å²) in [6.45, 7) is 1.87. The number of hydrogen-bond acceptors (Lipinski definition) is 2. The number of alkyl halides is 4. The fourth-order valence-corrected chi connectivity index (χ4v) is 3.78. The van der Waals surface area contributed by atoms with Crippen LogP contribution in [0.15, 0.2) is 41.3 Å². The molecule has 0 radical (unpaired) electrons. The summed E-state index contributed by atoms with van der Waals surface area (Å²) in [6, 6.07) is 7.02. The van der Waals surface area contributed by atoms with Crippen molar-refractivity contribution >= 4 is 35.0 Å². The number of amides is 1. The zero-order valence-electron chi connectivity index (χ0n) is 12.9. The predicted octanol–water partition coefficient (Wildman–Crippen LogP) is 5.64. The van der Waals surface area contributed by atoms with Gasteiger partial charge in [0.05, 0.1) is 5.56 Å². The number of hydrogen-bond donors (Lipinski definition) is 1. The van der Waals surface area contributed by atoms with E-state index in [1.54, 1.807) is 12.1 Å². The molecule has 1 atom stereocenters. The summed E-state index contributed by atoms with van der Waals surface area (Å²) in [5.41, 5.74) is -3.85. The third kappa shape index (κ3) is 3.00. The fourth-order valence-electron chi connectivity index (χ4n) is 2.78. The number of anilines is 1. The van der Waals surface area contributed by atoms with E-state index in [0.29, 0.717) is 10.6 Å². The average molecular weight is 390 g/mol. The molecule has 1 amide bonds. The van der Waals surface area contributed by atoms with Crippen molar-refractivity contribution in [1.29, 1.82) is 0 Å². The first-order chi connectivity index (χ1) is 11.7. The van der Waals surface area contributed by atoms with Crippen LogP contribution in [0.2, 0.25) is 5.02 Å². The van der Waals surface area contributed by atoms with E-state index in [9.17, 15) is 18.0 Å². The Hall–Kier alpha value is -1.73. The fraction of sp³-hybridized carbons (Fsp3) is 0.235. The largest absolute Gasteiger partial charge is 0.416 e. The molecule has 0 fully saturated rings. The number of nitrogens with one attached hydrogen (secondary N) is 1. The molecule has 132 valence electrons. The molecule has 1 N–H and O–H groups in total. The van der Waals surface area contributed by atoms with Crippen LogP contribution in [0.5, 0.6) is 0 Å². The first-order valence-corrected chi connectivity index (χ1v) is 8.69. The topological polar surface area (TPSA) is 29.1 Å². The van der Waals surface area contributed by atoms with Gasteiger partial charge >= 0.3 is 6.18 Å². The summed E-state index contributed by atoms with van der Waals surface area (Å²) in [7, 11) is 0. The zero-order valence-corrected chi connectivity index (χ0v) is 14.4. The summed E-state index contributed by atoms with van der Waals surface area (Å²) in [6.07, 6.45) is -4.58. The van der Waals surface area contributed by atoms with Gasteiger partial charge in [0.15, 0.2) is 0 Å². The molecule has 2 aromatic carbocycles. The average Bonchev–Trinajstić information content (AvgIpc) is 2.80. The number of benzene rings is 2. The van der Waals surface area contributed by atoms with Crippen molar-refractivity contribution < 1.29 is 22.4 Å². The normalized spacial score (nSPS) is 19.7. The van der Waals surface area contributed by atoms with Gasteiger partial charge in [-0.05, 0) is 36.1 Å². The van der Waals surface area contributed by atoms with Crippen LogP contribution in [-0.4, -0.2) is 11.7 Å². The maximum atomic E-state index is 15.9. The molecule has 1 aliphatic rings. The summed E-state index contributed by atoms with van der Waals surface area (Å²) < 4.78 is 54.4. The van der Waals surface area contributed by atoms with Crippen LogP contribution in [0.3, 0.4) is 0 Å². The number of rotatable bonds is 3. The Bertz CT molecular complexity index is 855. The molecule has 1 heterocycles. The minimum atomic E-state index is -4.58. The molecule has 1 aliphatic heterocycles. The molecule has 1 unspecified atom stereocenters. The second-order valence-corrected chi connectivity index (χ2v) is 7.19. The SMILES string of the molecule is CCSc1ccc(Cl)cc1C1(F)C(=O)Nc2cc(C(F)(F)F)ccc21. The second kappa shape index (κ2) is 6.21. The van der Waals surface area contributed by atoms with Gasteiger partial charge in [-0.1, -0.05) is 24.6 Å². The van der Waals surface area contributed by atoms with Crippen LogP contribution >= 0.6 is 23.4 Å². The van der Waals surface area contributed by atoms with Gasteiger partial charge in [-0.25, -0.2) is 4.39 Å². The highest BCUT2D eigenvalue weighted by Crippen LogP contribution is 2.48. The van der Waals surface area contributed by atoms with Crippen molar-refractivity contribution in [2.45, 2.75) is 23.7 Å². The Balaban J connectivity index is 2.19. The second-order valence-electron chi connectivity index (χ2n) is 5.44. The molecule has 0 aliphatic carbocycles. The molecule has 2 nitrogen and oxygen atoms in total. The van der Waals surface area contributed by atoms with Gasteiger partial charge in [0, 0.05) is 26.7 Å². The van der Waals surface area contributed by atoms with Crippen LogP contribution in [0.1, 0.15) is 23.6 Å². The van der Waals surface area contributed by atoms with Crippen molar-refractivity contribution in [2.75, 3.05) is 11.1 Å². The van der Waals surface area contributed by atoms with E-state index in [4.69, 9.17) is 11.6 Å². The lowest BCUT2D eigenvalue weighted by Gasteiger charge is -2.22. The van der Waals surface area contributed by atoms with E-state index in [1.165, 1.54) is 17.8 Å². The lowest BCUT2D eigenvalue weighted by atomic mass is 9.88. The van der Waals surface area contributed by atoms with E-state index < -0.39 is 23.3 Å². The van der Waals surface area contributed by atoms with Crippen LogP contribution < -0.4 is 5.32 Å². The quantitative estimate of drug-likeness (QED) is 0.544. The maximum absolute atomic E-state index is 15.9. The molecule has 0 aromatic heterocycles. The highest BCUT2D eigenvalue weighted by atomic mass is 35.5. The van der Waals surface area contributed by atoms with Crippen LogP contribution in [0, 0.1) is 0 Å². The standard InChI is InChI=1S/C17H12ClF4NOS/c1-2-25-14-6-4-10(18)8-12(14)16(19)11-5-3-9(17(20,21)22)7-13(11)23-15(16)24/h3-8H,2H2,1H3,(H,23,24). The van der Waals surface area contributed by atoms with E-state index in [2.05, 4.69) is 5.32 Å². The van der Waals surface area contributed by atoms with Gasteiger partial charge in [-0.15, -0.1) is 11.8 Å². The molecular weight excluding hydrogens is 378 g/mol. The molecule has 3 rings (SSSR count). The van der Waals surface area contributed by atoms with Crippen molar-refractivity contribution in [3.63, 3.8) is 0 Å². The lowest BCUT2D eigenvalue weighted by Crippen LogP contribution is -2.31. The summed E-state index contributed by atoms with van der Waals surface area (Å²) in [5.74, 6) is -0.395. The maximum Gasteiger partial charge on any atom is 0.416 e. The molecular formula is C17H12ClF4NOS. The van der Waals surface area contributed by atoms with Crippen molar-refractivity contribution in [3.8, 4) is 0 Å². The summed E-state index contributed by atoms with van der Waals surface area (Å²) in [5, 5.41) is 2.46. The summed E-state index contributed by atoms with van der Waals surface area (Å²) in [4.78, 5) is 12.9. The monoisotopic (exact) mass is 389 g/mol. The number of carbonyl (C=O) groups excluding carboxylic acids is 1. The van der Waals surface area contributed by atoms with Gasteiger partial charge in [-0.2, -0.15) is 13.2 Å². The Morgan fingerprint density at radius 2 is 1.88 bits per heavy atom. The number of halogens is 5. The third-order valence-corrected chi connectivity index (χ3v) is 5.08. The van der Waals surface area contributed by atoms with E-state index in [1.807, 2.05) is 6.92 Å². The van der Waals surface area contributed by atoms with E-state index in [0.717, 1.165) is 18.2 Å². The van der Waals surface area contributed by atoms with Gasteiger partial charge < -0.3 is 5.32 Å². The Morgan fingerprint density at radius 1 is 1.16 bits per heavy atom. The third-order valence-electron chi connectivity index (χ3n) is 3.89.